The van der Waals surface area contributed by atoms with E-state index in [1.165, 1.54) is 0 Å². The minimum atomic E-state index is -0.880. The zero-order valence-corrected chi connectivity index (χ0v) is 13.8. The van der Waals surface area contributed by atoms with Crippen LogP contribution in [-0.4, -0.2) is 31.1 Å². The van der Waals surface area contributed by atoms with Gasteiger partial charge in [0.2, 0.25) is 0 Å². The van der Waals surface area contributed by atoms with Gasteiger partial charge in [-0.2, -0.15) is 0 Å². The molecule has 0 aliphatic heterocycles. The van der Waals surface area contributed by atoms with Gasteiger partial charge in [0.1, 0.15) is 17.6 Å². The third-order valence-corrected chi connectivity index (χ3v) is 4.24. The molecule has 1 atom stereocenters. The molecule has 0 spiro atoms. The first-order valence-corrected chi connectivity index (χ1v) is 7.97. The Hall–Kier alpha value is -1.73. The zero-order valence-electron chi connectivity index (χ0n) is 12.2. The first kappa shape index (κ1) is 16.6. The molecule has 1 aromatic heterocycles. The number of rotatable bonds is 7. The van der Waals surface area contributed by atoms with Crippen molar-refractivity contribution in [3.05, 3.63) is 35.1 Å². The highest BCUT2D eigenvalue weighted by atomic mass is 35.5. The van der Waals surface area contributed by atoms with Crippen molar-refractivity contribution in [3.8, 4) is 5.75 Å². The molecule has 0 aliphatic carbocycles. The number of nitrogens with zero attached hydrogens (tertiary/aromatic N) is 3. The van der Waals surface area contributed by atoms with E-state index in [9.17, 15) is 4.79 Å². The average molecular weight is 342 g/mol. The predicted octanol–water partition coefficient (Wildman–Crippen LogP) is 3.10. The van der Waals surface area contributed by atoms with E-state index >= 15 is 0 Å². The minimum absolute atomic E-state index is 0.254. The van der Waals surface area contributed by atoms with Gasteiger partial charge in [0.15, 0.2) is 11.0 Å². The highest BCUT2D eigenvalue weighted by Crippen LogP contribution is 2.23. The smallest absolute Gasteiger partial charge is 0.316 e. The number of ether oxygens (including phenoxy) is 1. The Morgan fingerprint density at radius 1 is 1.41 bits per heavy atom. The summed E-state index contributed by atoms with van der Waals surface area (Å²) in [7, 11) is 0. The van der Waals surface area contributed by atoms with Gasteiger partial charge >= 0.3 is 5.97 Å². The van der Waals surface area contributed by atoms with Crippen LogP contribution in [0.5, 0.6) is 5.75 Å². The largest absolute Gasteiger partial charge is 0.486 e. The molecule has 0 amide bonds. The standard InChI is InChI=1S/C14H16ClN3O3S/c1-3-18-12(8-21-11-6-4-10(15)5-7-11)16-17-14(18)22-9(2)13(19)20/h4-7,9H,3,8H2,1-2H3,(H,19,20). The number of benzene rings is 1. The summed E-state index contributed by atoms with van der Waals surface area (Å²) < 4.78 is 7.49. The number of carboxylic acid groups (broad SMARTS) is 1. The van der Waals surface area contributed by atoms with E-state index in [-0.39, 0.29) is 6.61 Å². The zero-order chi connectivity index (χ0) is 16.1. The molecule has 8 heteroatoms. The van der Waals surface area contributed by atoms with Crippen molar-refractivity contribution in [1.29, 1.82) is 0 Å². The average Bonchev–Trinajstić information content (AvgIpc) is 2.88. The summed E-state index contributed by atoms with van der Waals surface area (Å²) >= 11 is 6.99. The number of hydrogen-bond donors (Lipinski definition) is 1. The lowest BCUT2D eigenvalue weighted by molar-refractivity contribution is -0.136. The topological polar surface area (TPSA) is 77.2 Å². The molecule has 0 aliphatic rings. The highest BCUT2D eigenvalue weighted by molar-refractivity contribution is 8.00. The summed E-state index contributed by atoms with van der Waals surface area (Å²) in [5.41, 5.74) is 0. The van der Waals surface area contributed by atoms with Crippen molar-refractivity contribution < 1.29 is 14.6 Å². The Labute approximate surface area is 137 Å². The second kappa shape index (κ2) is 7.51. The molecule has 22 heavy (non-hydrogen) atoms. The van der Waals surface area contributed by atoms with E-state index < -0.39 is 11.2 Å². The molecule has 1 unspecified atom stereocenters. The second-order valence-corrected chi connectivity index (χ2v) is 6.23. The maximum atomic E-state index is 10.9. The molecule has 0 saturated heterocycles. The van der Waals surface area contributed by atoms with E-state index in [2.05, 4.69) is 10.2 Å². The lowest BCUT2D eigenvalue weighted by atomic mass is 10.3. The van der Waals surface area contributed by atoms with Gasteiger partial charge in [-0.15, -0.1) is 10.2 Å². The Morgan fingerprint density at radius 3 is 2.68 bits per heavy atom. The van der Waals surface area contributed by atoms with Crippen molar-refractivity contribution in [3.63, 3.8) is 0 Å². The lowest BCUT2D eigenvalue weighted by Crippen LogP contribution is -2.13. The van der Waals surface area contributed by atoms with Crippen molar-refractivity contribution in [1.82, 2.24) is 14.8 Å². The fraction of sp³-hybridized carbons (Fsp3) is 0.357. The first-order valence-electron chi connectivity index (χ1n) is 6.71. The van der Waals surface area contributed by atoms with E-state index in [0.717, 1.165) is 11.8 Å². The molecule has 1 N–H and O–H groups in total. The molecular weight excluding hydrogens is 326 g/mol. The summed E-state index contributed by atoms with van der Waals surface area (Å²) in [5.74, 6) is 0.454. The molecular formula is C14H16ClN3O3S. The predicted molar refractivity (Wildman–Crippen MR) is 84.4 cm³/mol. The molecule has 118 valence electrons. The van der Waals surface area contributed by atoms with Crippen LogP contribution in [0.25, 0.3) is 0 Å². The Morgan fingerprint density at radius 2 is 2.09 bits per heavy atom. The summed E-state index contributed by atoms with van der Waals surface area (Å²) in [6.07, 6.45) is 0. The van der Waals surface area contributed by atoms with Crippen molar-refractivity contribution in [2.75, 3.05) is 0 Å². The quantitative estimate of drug-likeness (QED) is 0.780. The fourth-order valence-electron chi connectivity index (χ4n) is 1.72. The SMILES string of the molecule is CCn1c(COc2ccc(Cl)cc2)nnc1SC(C)C(=O)O. The summed E-state index contributed by atoms with van der Waals surface area (Å²) in [6, 6.07) is 7.04. The summed E-state index contributed by atoms with van der Waals surface area (Å²) in [5, 5.41) is 17.7. The highest BCUT2D eigenvalue weighted by Gasteiger charge is 2.19. The van der Waals surface area contributed by atoms with Crippen LogP contribution in [0.1, 0.15) is 19.7 Å². The van der Waals surface area contributed by atoms with Gasteiger partial charge in [0.25, 0.3) is 0 Å². The number of aromatic nitrogens is 3. The van der Waals surface area contributed by atoms with Gasteiger partial charge in [-0.3, -0.25) is 4.79 Å². The summed E-state index contributed by atoms with van der Waals surface area (Å²) in [4.78, 5) is 10.9. The van der Waals surface area contributed by atoms with Gasteiger partial charge < -0.3 is 14.4 Å². The molecule has 1 heterocycles. The number of hydrogen-bond acceptors (Lipinski definition) is 5. The number of carboxylic acids is 1. The number of halogens is 1. The van der Waals surface area contributed by atoms with Crippen LogP contribution in [0.4, 0.5) is 0 Å². The Bertz CT molecular complexity index is 645. The lowest BCUT2D eigenvalue weighted by Gasteiger charge is -2.10. The monoisotopic (exact) mass is 341 g/mol. The fourth-order valence-corrected chi connectivity index (χ4v) is 2.71. The number of aliphatic carboxylic acids is 1. The maximum absolute atomic E-state index is 10.9. The Kier molecular flexibility index (Phi) is 5.68. The van der Waals surface area contributed by atoms with Gasteiger partial charge in [0.05, 0.1) is 0 Å². The first-order chi connectivity index (χ1) is 10.5. The molecule has 0 fully saturated rings. The van der Waals surface area contributed by atoms with E-state index in [1.807, 2.05) is 11.5 Å². The van der Waals surface area contributed by atoms with Crippen LogP contribution in [0.2, 0.25) is 5.02 Å². The summed E-state index contributed by atoms with van der Waals surface area (Å²) in [6.45, 7) is 4.46. The van der Waals surface area contributed by atoms with Crippen LogP contribution in [0, 0.1) is 0 Å². The molecule has 0 bridgehead atoms. The van der Waals surface area contributed by atoms with Gasteiger partial charge in [-0.1, -0.05) is 23.4 Å². The number of carbonyl (C=O) groups is 1. The minimum Gasteiger partial charge on any atom is -0.486 e. The van der Waals surface area contributed by atoms with E-state index in [1.54, 1.807) is 31.2 Å². The Balaban J connectivity index is 2.06. The van der Waals surface area contributed by atoms with Crippen molar-refractivity contribution >= 4 is 29.3 Å². The molecule has 0 saturated carbocycles. The molecule has 2 aromatic rings. The number of thioether (sulfide) groups is 1. The van der Waals surface area contributed by atoms with Crippen LogP contribution in [-0.2, 0) is 17.9 Å². The third-order valence-electron chi connectivity index (χ3n) is 2.92. The van der Waals surface area contributed by atoms with Gasteiger partial charge in [-0.05, 0) is 38.1 Å². The third kappa shape index (κ3) is 4.14. The van der Waals surface area contributed by atoms with E-state index in [4.69, 9.17) is 21.4 Å². The van der Waals surface area contributed by atoms with Crippen LogP contribution >= 0.6 is 23.4 Å². The molecule has 0 radical (unpaired) electrons. The van der Waals surface area contributed by atoms with Crippen LogP contribution in [0.3, 0.4) is 0 Å². The van der Waals surface area contributed by atoms with Gasteiger partial charge in [0, 0.05) is 11.6 Å². The van der Waals surface area contributed by atoms with Crippen molar-refractivity contribution in [2.24, 2.45) is 0 Å². The molecule has 2 rings (SSSR count). The van der Waals surface area contributed by atoms with Crippen molar-refractivity contribution in [2.45, 2.75) is 37.4 Å². The molecule has 6 nitrogen and oxygen atoms in total. The van der Waals surface area contributed by atoms with Crippen LogP contribution in [0.15, 0.2) is 29.4 Å². The normalized spacial score (nSPS) is 12.1. The maximum Gasteiger partial charge on any atom is 0.316 e. The molecule has 1 aromatic carbocycles. The van der Waals surface area contributed by atoms with Crippen LogP contribution < -0.4 is 4.74 Å². The van der Waals surface area contributed by atoms with Gasteiger partial charge in [-0.25, -0.2) is 0 Å². The van der Waals surface area contributed by atoms with E-state index in [0.29, 0.717) is 28.3 Å². The second-order valence-electron chi connectivity index (χ2n) is 4.48.